The van der Waals surface area contributed by atoms with Crippen molar-refractivity contribution in [2.24, 2.45) is 0 Å². The molecule has 0 atom stereocenters. The quantitative estimate of drug-likeness (QED) is 0.712. The molecule has 2 aromatic heterocycles. The first-order valence-corrected chi connectivity index (χ1v) is 7.15. The molecule has 0 aliphatic carbocycles. The highest BCUT2D eigenvalue weighted by atomic mass is 16.5. The van der Waals surface area contributed by atoms with Crippen LogP contribution in [-0.2, 0) is 0 Å². The molecule has 2 heterocycles. The Hall–Kier alpha value is -2.36. The summed E-state index contributed by atoms with van der Waals surface area (Å²) in [6, 6.07) is 10.1. The van der Waals surface area contributed by atoms with Gasteiger partial charge in [0, 0.05) is 5.56 Å². The van der Waals surface area contributed by atoms with E-state index in [1.54, 1.807) is 13.4 Å². The molecule has 0 fully saturated rings. The van der Waals surface area contributed by atoms with Crippen LogP contribution < -0.4 is 4.74 Å². The van der Waals surface area contributed by atoms with Crippen LogP contribution in [0.2, 0.25) is 0 Å². The van der Waals surface area contributed by atoms with Crippen molar-refractivity contribution in [1.29, 1.82) is 0 Å². The van der Waals surface area contributed by atoms with Crippen molar-refractivity contribution in [3.05, 3.63) is 47.9 Å². The van der Waals surface area contributed by atoms with E-state index in [0.29, 0.717) is 0 Å². The number of aromatic nitrogens is 3. The van der Waals surface area contributed by atoms with Gasteiger partial charge in [0.1, 0.15) is 12.1 Å². The molecule has 4 nitrogen and oxygen atoms in total. The maximum Gasteiger partial charge on any atom is 0.136 e. The lowest BCUT2D eigenvalue weighted by Crippen LogP contribution is -1.97. The molecule has 3 aromatic rings. The minimum absolute atomic E-state index is 0.854. The molecule has 0 aliphatic heterocycles. The van der Waals surface area contributed by atoms with E-state index in [2.05, 4.69) is 23.1 Å². The number of aryl methyl sites for hydroxylation is 2. The molecule has 0 amide bonds. The standard InChI is InChI=1S/C15H15N3O.C2H6/c1-10-8-14(12-4-6-13(19-3)7-5-12)18-15(10)11(2)16-9-17-18;1-2/h4-9H,1-3H3;1-2H3. The maximum atomic E-state index is 5.18. The maximum absolute atomic E-state index is 5.18. The normalized spacial score (nSPS) is 10.1. The minimum Gasteiger partial charge on any atom is -0.497 e. The van der Waals surface area contributed by atoms with Gasteiger partial charge >= 0.3 is 0 Å². The molecule has 0 saturated heterocycles. The Morgan fingerprint density at radius 3 is 2.33 bits per heavy atom. The average Bonchev–Trinajstić information content (AvgIpc) is 2.88. The molecular weight excluding hydrogens is 262 g/mol. The van der Waals surface area contributed by atoms with Crippen LogP contribution in [0.25, 0.3) is 16.8 Å². The van der Waals surface area contributed by atoms with Crippen LogP contribution in [0, 0.1) is 13.8 Å². The predicted molar refractivity (Wildman–Crippen MR) is 85.8 cm³/mol. The van der Waals surface area contributed by atoms with Gasteiger partial charge in [-0.3, -0.25) is 0 Å². The summed E-state index contributed by atoms with van der Waals surface area (Å²) in [5.74, 6) is 0.854. The molecule has 21 heavy (non-hydrogen) atoms. The second kappa shape index (κ2) is 6.39. The lowest BCUT2D eigenvalue weighted by Gasteiger charge is -2.04. The Morgan fingerprint density at radius 1 is 1.05 bits per heavy atom. The van der Waals surface area contributed by atoms with Gasteiger partial charge in [-0.1, -0.05) is 13.8 Å². The number of hydrogen-bond acceptors (Lipinski definition) is 3. The van der Waals surface area contributed by atoms with E-state index in [1.165, 1.54) is 5.56 Å². The van der Waals surface area contributed by atoms with Crippen LogP contribution in [0.1, 0.15) is 25.1 Å². The predicted octanol–water partition coefficient (Wildman–Crippen LogP) is 4.05. The molecular formula is C17H21N3O. The van der Waals surface area contributed by atoms with E-state index in [9.17, 15) is 0 Å². The lowest BCUT2D eigenvalue weighted by atomic mass is 10.1. The molecule has 1 aromatic carbocycles. The monoisotopic (exact) mass is 283 g/mol. The number of benzene rings is 1. The zero-order chi connectivity index (χ0) is 15.4. The number of fused-ring (bicyclic) bond motifs is 1. The number of ether oxygens (including phenoxy) is 1. The zero-order valence-electron chi connectivity index (χ0n) is 13.2. The van der Waals surface area contributed by atoms with E-state index < -0.39 is 0 Å². The molecule has 4 heteroatoms. The number of hydrogen-bond donors (Lipinski definition) is 0. The van der Waals surface area contributed by atoms with E-state index in [-0.39, 0.29) is 0 Å². The van der Waals surface area contributed by atoms with Gasteiger partial charge in [-0.15, -0.1) is 0 Å². The number of rotatable bonds is 2. The molecule has 0 N–H and O–H groups in total. The van der Waals surface area contributed by atoms with Crippen molar-refractivity contribution >= 4 is 5.52 Å². The zero-order valence-corrected chi connectivity index (χ0v) is 13.2. The second-order valence-electron chi connectivity index (χ2n) is 4.55. The smallest absolute Gasteiger partial charge is 0.136 e. The van der Waals surface area contributed by atoms with Gasteiger partial charge < -0.3 is 4.74 Å². The first kappa shape index (κ1) is 15.0. The summed E-state index contributed by atoms with van der Waals surface area (Å²) in [6.07, 6.45) is 1.59. The van der Waals surface area contributed by atoms with Crippen molar-refractivity contribution < 1.29 is 4.74 Å². The molecule has 0 bridgehead atoms. The van der Waals surface area contributed by atoms with Gasteiger partial charge in [0.15, 0.2) is 0 Å². The van der Waals surface area contributed by atoms with Crippen LogP contribution in [0.4, 0.5) is 0 Å². The Bertz CT molecular complexity index is 730. The minimum atomic E-state index is 0.854. The topological polar surface area (TPSA) is 39.4 Å². The molecule has 110 valence electrons. The van der Waals surface area contributed by atoms with Crippen LogP contribution in [0.5, 0.6) is 5.75 Å². The molecule has 0 radical (unpaired) electrons. The molecule has 0 spiro atoms. The van der Waals surface area contributed by atoms with Gasteiger partial charge in [-0.2, -0.15) is 5.10 Å². The van der Waals surface area contributed by atoms with Gasteiger partial charge in [-0.25, -0.2) is 9.50 Å². The SMILES string of the molecule is CC.COc1ccc(-c2cc(C)c3c(C)ncnn23)cc1. The van der Waals surface area contributed by atoms with E-state index >= 15 is 0 Å². The van der Waals surface area contributed by atoms with Crippen LogP contribution in [-0.4, -0.2) is 21.7 Å². The van der Waals surface area contributed by atoms with E-state index in [1.807, 2.05) is 49.6 Å². The third-order valence-corrected chi connectivity index (χ3v) is 3.31. The third-order valence-electron chi connectivity index (χ3n) is 3.31. The molecule has 0 saturated carbocycles. The summed E-state index contributed by atoms with van der Waals surface area (Å²) in [5.41, 5.74) is 5.44. The van der Waals surface area contributed by atoms with Crippen molar-refractivity contribution in [3.8, 4) is 17.0 Å². The van der Waals surface area contributed by atoms with Gasteiger partial charge in [0.2, 0.25) is 0 Å². The van der Waals surface area contributed by atoms with Crippen molar-refractivity contribution in [2.75, 3.05) is 7.11 Å². The lowest BCUT2D eigenvalue weighted by molar-refractivity contribution is 0.415. The number of methoxy groups -OCH3 is 1. The highest BCUT2D eigenvalue weighted by Gasteiger charge is 2.11. The summed E-state index contributed by atoms with van der Waals surface area (Å²) < 4.78 is 7.13. The summed E-state index contributed by atoms with van der Waals surface area (Å²) >= 11 is 0. The first-order valence-electron chi connectivity index (χ1n) is 7.15. The van der Waals surface area contributed by atoms with Crippen molar-refractivity contribution in [2.45, 2.75) is 27.7 Å². The van der Waals surface area contributed by atoms with Crippen LogP contribution in [0.15, 0.2) is 36.7 Å². The van der Waals surface area contributed by atoms with Gasteiger partial charge in [-0.05, 0) is 49.7 Å². The Labute approximate surface area is 125 Å². The van der Waals surface area contributed by atoms with Crippen LogP contribution in [0.3, 0.4) is 0 Å². The van der Waals surface area contributed by atoms with Crippen molar-refractivity contribution in [1.82, 2.24) is 14.6 Å². The fourth-order valence-corrected chi connectivity index (χ4v) is 2.37. The van der Waals surface area contributed by atoms with Crippen molar-refractivity contribution in [3.63, 3.8) is 0 Å². The molecule has 3 rings (SSSR count). The number of nitrogens with zero attached hydrogens (tertiary/aromatic N) is 3. The highest BCUT2D eigenvalue weighted by Crippen LogP contribution is 2.27. The van der Waals surface area contributed by atoms with Gasteiger partial charge in [0.25, 0.3) is 0 Å². The highest BCUT2D eigenvalue weighted by molar-refractivity contribution is 5.71. The largest absolute Gasteiger partial charge is 0.497 e. The Kier molecular flexibility index (Phi) is 4.58. The average molecular weight is 283 g/mol. The van der Waals surface area contributed by atoms with E-state index in [0.717, 1.165) is 28.2 Å². The first-order chi connectivity index (χ1) is 10.2. The van der Waals surface area contributed by atoms with E-state index in [4.69, 9.17) is 4.74 Å². The third kappa shape index (κ3) is 2.75. The fraction of sp³-hybridized carbons (Fsp3) is 0.294. The summed E-state index contributed by atoms with van der Waals surface area (Å²) in [4.78, 5) is 4.25. The summed E-state index contributed by atoms with van der Waals surface area (Å²) in [6.45, 7) is 8.08. The molecule has 0 unspecified atom stereocenters. The Morgan fingerprint density at radius 2 is 1.71 bits per heavy atom. The summed E-state index contributed by atoms with van der Waals surface area (Å²) in [5, 5.41) is 4.36. The second-order valence-corrected chi connectivity index (χ2v) is 4.55. The Balaban J connectivity index is 0.000000774. The fourth-order valence-electron chi connectivity index (χ4n) is 2.37. The van der Waals surface area contributed by atoms with Gasteiger partial charge in [0.05, 0.1) is 24.0 Å². The molecule has 0 aliphatic rings. The van der Waals surface area contributed by atoms with Crippen LogP contribution >= 0.6 is 0 Å². The summed E-state index contributed by atoms with van der Waals surface area (Å²) in [7, 11) is 1.67.